The van der Waals surface area contributed by atoms with Gasteiger partial charge < -0.3 is 5.11 Å². The van der Waals surface area contributed by atoms with Crippen LogP contribution in [0.25, 0.3) is 0 Å². The topological polar surface area (TPSA) is 119 Å². The van der Waals surface area contributed by atoms with Gasteiger partial charge in [-0.25, -0.2) is 0 Å². The average molecular weight is 301 g/mol. The van der Waals surface area contributed by atoms with E-state index >= 15 is 0 Å². The van der Waals surface area contributed by atoms with E-state index in [1.54, 1.807) is 19.1 Å². The van der Waals surface area contributed by atoms with Crippen LogP contribution in [0.4, 0.5) is 17.1 Å². The van der Waals surface area contributed by atoms with Crippen molar-refractivity contribution < 1.29 is 15.0 Å². The van der Waals surface area contributed by atoms with Crippen molar-refractivity contribution in [3.63, 3.8) is 0 Å². The zero-order chi connectivity index (χ0) is 16.3. The molecule has 0 aliphatic heterocycles. The number of nitrogens with zero attached hydrogens (tertiary/aromatic N) is 3. The minimum atomic E-state index is -0.590. The number of aliphatic imine (C=N–C) groups is 1. The van der Waals surface area contributed by atoms with Crippen LogP contribution in [0, 0.1) is 27.2 Å². The maximum Gasteiger partial charge on any atom is 0.274 e. The third-order valence-electron chi connectivity index (χ3n) is 2.96. The van der Waals surface area contributed by atoms with Gasteiger partial charge in [0.25, 0.3) is 11.4 Å². The zero-order valence-corrected chi connectivity index (χ0v) is 11.5. The Morgan fingerprint density at radius 1 is 1.09 bits per heavy atom. The van der Waals surface area contributed by atoms with E-state index in [-0.39, 0.29) is 22.7 Å². The highest BCUT2D eigenvalue weighted by molar-refractivity contribution is 5.86. The number of nitro groups is 2. The summed E-state index contributed by atoms with van der Waals surface area (Å²) in [5.41, 5.74) is 0.704. The molecule has 0 spiro atoms. The zero-order valence-electron chi connectivity index (χ0n) is 11.5. The normalized spacial score (nSPS) is 10.8. The first-order valence-electron chi connectivity index (χ1n) is 6.15. The minimum Gasteiger partial charge on any atom is -0.507 e. The lowest BCUT2D eigenvalue weighted by Gasteiger charge is -2.00. The molecule has 0 atom stereocenters. The van der Waals surface area contributed by atoms with Crippen molar-refractivity contribution in [2.75, 3.05) is 0 Å². The molecule has 0 bridgehead atoms. The molecule has 1 N–H and O–H groups in total. The lowest BCUT2D eigenvalue weighted by atomic mass is 10.1. The molecule has 112 valence electrons. The Balaban J connectivity index is 2.36. The highest BCUT2D eigenvalue weighted by Gasteiger charge is 2.11. The highest BCUT2D eigenvalue weighted by atomic mass is 16.6. The summed E-state index contributed by atoms with van der Waals surface area (Å²) in [5.74, 6) is -0.170. The first-order chi connectivity index (χ1) is 10.4. The lowest BCUT2D eigenvalue weighted by Crippen LogP contribution is -1.91. The van der Waals surface area contributed by atoms with E-state index < -0.39 is 9.85 Å². The van der Waals surface area contributed by atoms with Crippen molar-refractivity contribution in [1.82, 2.24) is 0 Å². The van der Waals surface area contributed by atoms with Crippen LogP contribution in [-0.4, -0.2) is 21.2 Å². The largest absolute Gasteiger partial charge is 0.507 e. The van der Waals surface area contributed by atoms with E-state index in [4.69, 9.17) is 0 Å². The molecule has 0 saturated carbocycles. The van der Waals surface area contributed by atoms with Crippen molar-refractivity contribution in [3.05, 3.63) is 67.8 Å². The number of rotatable bonds is 4. The van der Waals surface area contributed by atoms with E-state index in [9.17, 15) is 25.3 Å². The number of non-ortho nitro benzene ring substituents is 1. The number of hydrogen-bond donors (Lipinski definition) is 1. The molecular weight excluding hydrogens is 290 g/mol. The van der Waals surface area contributed by atoms with E-state index in [0.717, 1.165) is 0 Å². The summed E-state index contributed by atoms with van der Waals surface area (Å²) >= 11 is 0. The first-order valence-corrected chi connectivity index (χ1v) is 6.15. The number of aryl methyl sites for hydroxylation is 1. The van der Waals surface area contributed by atoms with Crippen LogP contribution < -0.4 is 0 Å². The van der Waals surface area contributed by atoms with Gasteiger partial charge in [-0.2, -0.15) is 0 Å². The van der Waals surface area contributed by atoms with E-state index in [1.807, 2.05) is 0 Å². The predicted molar refractivity (Wildman–Crippen MR) is 79.8 cm³/mol. The summed E-state index contributed by atoms with van der Waals surface area (Å²) in [6, 6.07) is 7.95. The Morgan fingerprint density at radius 2 is 1.82 bits per heavy atom. The minimum absolute atomic E-state index is 0.0714. The molecule has 2 rings (SSSR count). The van der Waals surface area contributed by atoms with Crippen LogP contribution >= 0.6 is 0 Å². The van der Waals surface area contributed by atoms with Crippen molar-refractivity contribution in [2.24, 2.45) is 4.99 Å². The molecular formula is C14H11N3O5. The van der Waals surface area contributed by atoms with Crippen LogP contribution in [0.3, 0.4) is 0 Å². The summed E-state index contributed by atoms with van der Waals surface area (Å²) in [7, 11) is 0. The van der Waals surface area contributed by atoms with E-state index in [2.05, 4.69) is 4.99 Å². The summed E-state index contributed by atoms with van der Waals surface area (Å²) in [5, 5.41) is 31.2. The summed E-state index contributed by atoms with van der Waals surface area (Å²) in [6.07, 6.45) is 1.22. The van der Waals surface area contributed by atoms with Crippen LogP contribution in [0.2, 0.25) is 0 Å². The molecule has 0 aliphatic carbocycles. The number of benzene rings is 2. The van der Waals surface area contributed by atoms with E-state index in [1.165, 1.54) is 30.5 Å². The number of phenols is 1. The van der Waals surface area contributed by atoms with Crippen LogP contribution in [0.1, 0.15) is 11.1 Å². The lowest BCUT2D eigenvalue weighted by molar-refractivity contribution is -0.385. The number of aromatic hydroxyl groups is 1. The fraction of sp³-hybridized carbons (Fsp3) is 0.0714. The highest BCUT2D eigenvalue weighted by Crippen LogP contribution is 2.25. The molecule has 0 saturated heterocycles. The monoisotopic (exact) mass is 301 g/mol. The molecule has 22 heavy (non-hydrogen) atoms. The maximum atomic E-state index is 10.9. The second-order valence-corrected chi connectivity index (χ2v) is 4.49. The molecule has 8 heteroatoms. The summed E-state index contributed by atoms with van der Waals surface area (Å²) < 4.78 is 0. The predicted octanol–water partition coefficient (Wildman–Crippen LogP) is 3.27. The van der Waals surface area contributed by atoms with Gasteiger partial charge in [0.2, 0.25) is 0 Å². The Kier molecular flexibility index (Phi) is 4.12. The Morgan fingerprint density at radius 3 is 2.45 bits per heavy atom. The van der Waals surface area contributed by atoms with Gasteiger partial charge in [-0.3, -0.25) is 25.2 Å². The summed E-state index contributed by atoms with van der Waals surface area (Å²) in [6.45, 7) is 1.61. The number of hydrogen-bond acceptors (Lipinski definition) is 6. The second-order valence-electron chi connectivity index (χ2n) is 4.49. The fourth-order valence-electron chi connectivity index (χ4n) is 1.78. The average Bonchev–Trinajstić information content (AvgIpc) is 2.47. The number of nitro benzene ring substituents is 2. The molecule has 0 radical (unpaired) electrons. The Hall–Kier alpha value is -3.29. The van der Waals surface area contributed by atoms with E-state index in [0.29, 0.717) is 11.3 Å². The quantitative estimate of drug-likeness (QED) is 0.528. The molecule has 8 nitrogen and oxygen atoms in total. The van der Waals surface area contributed by atoms with Gasteiger partial charge in [0.05, 0.1) is 15.5 Å². The molecule has 0 fully saturated rings. The van der Waals surface area contributed by atoms with Crippen molar-refractivity contribution in [3.8, 4) is 5.75 Å². The molecule has 0 aliphatic rings. The molecule has 0 aromatic heterocycles. The van der Waals surface area contributed by atoms with Crippen LogP contribution in [0.5, 0.6) is 5.75 Å². The summed E-state index contributed by atoms with van der Waals surface area (Å²) in [4.78, 5) is 24.5. The third-order valence-corrected chi connectivity index (χ3v) is 2.96. The van der Waals surface area contributed by atoms with Gasteiger partial charge in [0.15, 0.2) is 0 Å². The van der Waals surface area contributed by atoms with Crippen LogP contribution in [0.15, 0.2) is 41.4 Å². The molecule has 0 heterocycles. The third kappa shape index (κ3) is 3.23. The Labute approximate surface area is 124 Å². The van der Waals surface area contributed by atoms with Gasteiger partial charge in [-0.15, -0.1) is 0 Å². The maximum absolute atomic E-state index is 10.9. The second kappa shape index (κ2) is 6.00. The van der Waals surface area contributed by atoms with Gasteiger partial charge in [-0.1, -0.05) is 6.07 Å². The van der Waals surface area contributed by atoms with Gasteiger partial charge in [0, 0.05) is 35.5 Å². The van der Waals surface area contributed by atoms with Crippen molar-refractivity contribution in [1.29, 1.82) is 0 Å². The van der Waals surface area contributed by atoms with Gasteiger partial charge in [0.1, 0.15) is 5.75 Å². The number of phenolic OH excluding ortho intramolecular Hbond substituents is 1. The standard InChI is InChI=1S/C14H11N3O5/c1-9-2-3-11(7-13(9)17(21)22)15-8-10-6-12(16(19)20)4-5-14(10)18/h2-8,18H,1H3. The van der Waals surface area contributed by atoms with Crippen molar-refractivity contribution >= 4 is 23.3 Å². The molecule has 0 unspecified atom stereocenters. The van der Waals surface area contributed by atoms with Crippen molar-refractivity contribution in [2.45, 2.75) is 6.92 Å². The Bertz CT molecular complexity index is 786. The smallest absolute Gasteiger partial charge is 0.274 e. The van der Waals surface area contributed by atoms with Crippen LogP contribution in [-0.2, 0) is 0 Å². The molecule has 0 amide bonds. The molecule has 2 aromatic rings. The first kappa shape index (κ1) is 15.1. The van der Waals surface area contributed by atoms with Gasteiger partial charge in [-0.05, 0) is 19.1 Å². The SMILES string of the molecule is Cc1ccc(N=Cc2cc([N+](=O)[O-])ccc2O)cc1[N+](=O)[O-]. The fourth-order valence-corrected chi connectivity index (χ4v) is 1.78. The van der Waals surface area contributed by atoms with Gasteiger partial charge >= 0.3 is 0 Å². The molecule has 2 aromatic carbocycles.